The summed E-state index contributed by atoms with van der Waals surface area (Å²) in [6, 6.07) is 5.39. The van der Waals surface area contributed by atoms with Crippen molar-refractivity contribution in [3.8, 4) is 0 Å². The molecule has 0 aliphatic carbocycles. The number of hydrogen-bond acceptors (Lipinski definition) is 3. The second-order valence-corrected chi connectivity index (χ2v) is 5.19. The molecular formula is C14H14Cl2N2O. The van der Waals surface area contributed by atoms with Crippen LogP contribution in [-0.2, 0) is 4.79 Å². The second-order valence-electron chi connectivity index (χ2n) is 4.35. The minimum atomic E-state index is -0.0694. The molecule has 0 bridgehead atoms. The lowest BCUT2D eigenvalue weighted by Gasteiger charge is -2.26. The number of benzene rings is 1. The van der Waals surface area contributed by atoms with Gasteiger partial charge in [0.1, 0.15) is 0 Å². The standard InChI is InChI=1S/C14H14Cl2N2O/c1-18-8-9(2-5-13(18)14(19)7-17)11-4-3-10(15)6-12(11)16/h2-6H,7-8,17H2,1H3. The molecule has 0 atom stereocenters. The average Bonchev–Trinajstić information content (AvgIpc) is 2.37. The molecule has 19 heavy (non-hydrogen) atoms. The number of rotatable bonds is 3. The topological polar surface area (TPSA) is 46.3 Å². The van der Waals surface area contributed by atoms with Gasteiger partial charge >= 0.3 is 0 Å². The third-order valence-electron chi connectivity index (χ3n) is 3.01. The smallest absolute Gasteiger partial charge is 0.192 e. The van der Waals surface area contributed by atoms with Gasteiger partial charge in [0.2, 0.25) is 0 Å². The highest BCUT2D eigenvalue weighted by Gasteiger charge is 2.18. The van der Waals surface area contributed by atoms with Gasteiger partial charge < -0.3 is 10.6 Å². The van der Waals surface area contributed by atoms with Crippen molar-refractivity contribution in [2.45, 2.75) is 0 Å². The predicted molar refractivity (Wildman–Crippen MR) is 79.2 cm³/mol. The fourth-order valence-corrected chi connectivity index (χ4v) is 2.57. The van der Waals surface area contributed by atoms with Crippen LogP contribution in [0.15, 0.2) is 36.0 Å². The van der Waals surface area contributed by atoms with Crippen molar-refractivity contribution < 1.29 is 4.79 Å². The van der Waals surface area contributed by atoms with Gasteiger partial charge in [0, 0.05) is 23.6 Å². The number of likely N-dealkylation sites (N-methyl/N-ethyl adjacent to an activating group) is 1. The fraction of sp³-hybridized carbons (Fsp3) is 0.214. The molecule has 0 radical (unpaired) electrons. The van der Waals surface area contributed by atoms with Crippen LogP contribution < -0.4 is 5.73 Å². The molecule has 2 N–H and O–H groups in total. The van der Waals surface area contributed by atoms with E-state index in [0.29, 0.717) is 22.3 Å². The summed E-state index contributed by atoms with van der Waals surface area (Å²) in [6.45, 7) is 0.625. The van der Waals surface area contributed by atoms with Crippen LogP contribution in [0.2, 0.25) is 10.0 Å². The van der Waals surface area contributed by atoms with Crippen LogP contribution in [0, 0.1) is 0 Å². The first-order chi connectivity index (χ1) is 9.02. The largest absolute Gasteiger partial charge is 0.367 e. The van der Waals surface area contributed by atoms with Gasteiger partial charge in [-0.15, -0.1) is 0 Å². The van der Waals surface area contributed by atoms with Crippen LogP contribution in [0.4, 0.5) is 0 Å². The van der Waals surface area contributed by atoms with E-state index in [1.807, 2.05) is 24.1 Å². The second kappa shape index (κ2) is 5.78. The van der Waals surface area contributed by atoms with E-state index in [2.05, 4.69) is 0 Å². The Labute approximate surface area is 122 Å². The van der Waals surface area contributed by atoms with Crippen molar-refractivity contribution >= 4 is 34.6 Å². The third kappa shape index (κ3) is 3.00. The molecule has 0 spiro atoms. The summed E-state index contributed by atoms with van der Waals surface area (Å²) in [5.74, 6) is -0.0694. The fourth-order valence-electron chi connectivity index (χ4n) is 2.04. The van der Waals surface area contributed by atoms with Crippen LogP contribution >= 0.6 is 23.2 Å². The predicted octanol–water partition coefficient (Wildman–Crippen LogP) is 2.73. The molecule has 100 valence electrons. The van der Waals surface area contributed by atoms with Crippen molar-refractivity contribution in [1.29, 1.82) is 0 Å². The highest BCUT2D eigenvalue weighted by molar-refractivity contribution is 6.35. The molecule has 3 nitrogen and oxygen atoms in total. The Hall–Kier alpha value is -1.29. The van der Waals surface area contributed by atoms with E-state index in [1.165, 1.54) is 0 Å². The number of ketones is 1. The minimum absolute atomic E-state index is 0.0149. The molecule has 5 heteroatoms. The van der Waals surface area contributed by atoms with Crippen molar-refractivity contribution in [3.63, 3.8) is 0 Å². The van der Waals surface area contributed by atoms with E-state index < -0.39 is 0 Å². The lowest BCUT2D eigenvalue weighted by atomic mass is 10.0. The number of halogens is 2. The average molecular weight is 297 g/mol. The van der Waals surface area contributed by atoms with Gasteiger partial charge in [0.15, 0.2) is 5.78 Å². The van der Waals surface area contributed by atoms with Crippen LogP contribution in [0.25, 0.3) is 5.57 Å². The van der Waals surface area contributed by atoms with Gasteiger partial charge in [0.05, 0.1) is 12.2 Å². The molecule has 1 heterocycles. The molecule has 0 saturated carbocycles. The molecule has 1 aliphatic heterocycles. The zero-order valence-corrected chi connectivity index (χ0v) is 12.0. The number of hydrogen-bond donors (Lipinski definition) is 1. The summed E-state index contributed by atoms with van der Waals surface area (Å²) in [5.41, 5.74) is 7.96. The third-order valence-corrected chi connectivity index (χ3v) is 3.56. The van der Waals surface area contributed by atoms with Gasteiger partial charge in [-0.1, -0.05) is 35.3 Å². The zero-order valence-electron chi connectivity index (χ0n) is 10.5. The van der Waals surface area contributed by atoms with E-state index in [0.717, 1.165) is 11.1 Å². The Morgan fingerprint density at radius 1 is 1.37 bits per heavy atom. The number of carbonyl (C=O) groups is 1. The van der Waals surface area contributed by atoms with Crippen molar-refractivity contribution in [1.82, 2.24) is 4.90 Å². The maximum Gasteiger partial charge on any atom is 0.192 e. The monoisotopic (exact) mass is 296 g/mol. The SMILES string of the molecule is CN1CC(c2ccc(Cl)cc2Cl)=CC=C1C(=O)CN. The summed E-state index contributed by atoms with van der Waals surface area (Å²) < 4.78 is 0. The molecule has 0 amide bonds. The lowest BCUT2D eigenvalue weighted by molar-refractivity contribution is -0.115. The normalized spacial score (nSPS) is 15.1. The first kappa shape index (κ1) is 14.1. The molecule has 0 saturated heterocycles. The van der Waals surface area contributed by atoms with Gasteiger partial charge in [-0.3, -0.25) is 4.79 Å². The minimum Gasteiger partial charge on any atom is -0.367 e. The van der Waals surface area contributed by atoms with Crippen molar-refractivity contribution in [3.05, 3.63) is 51.7 Å². The Morgan fingerprint density at radius 2 is 2.11 bits per heavy atom. The van der Waals surface area contributed by atoms with E-state index >= 15 is 0 Å². The molecule has 1 aromatic rings. The summed E-state index contributed by atoms with van der Waals surface area (Å²) in [5, 5.41) is 1.21. The molecule has 2 rings (SSSR count). The number of allylic oxidation sites excluding steroid dienone is 2. The lowest BCUT2D eigenvalue weighted by Crippen LogP contribution is -2.30. The maximum absolute atomic E-state index is 11.6. The molecule has 1 aromatic carbocycles. The van der Waals surface area contributed by atoms with Crippen molar-refractivity contribution in [2.24, 2.45) is 5.73 Å². The van der Waals surface area contributed by atoms with E-state index in [9.17, 15) is 4.79 Å². The van der Waals surface area contributed by atoms with Crippen LogP contribution in [-0.4, -0.2) is 30.8 Å². The Kier molecular flexibility index (Phi) is 4.30. The van der Waals surface area contributed by atoms with Crippen molar-refractivity contribution in [2.75, 3.05) is 20.1 Å². The van der Waals surface area contributed by atoms with Gasteiger partial charge in [-0.2, -0.15) is 0 Å². The number of carbonyl (C=O) groups excluding carboxylic acids is 1. The molecule has 0 fully saturated rings. The summed E-state index contributed by atoms with van der Waals surface area (Å²) >= 11 is 12.1. The molecule has 0 aromatic heterocycles. The van der Waals surface area contributed by atoms with Crippen LogP contribution in [0.5, 0.6) is 0 Å². The number of nitrogens with two attached hydrogens (primary N) is 1. The maximum atomic E-state index is 11.6. The molecule has 1 aliphatic rings. The first-order valence-electron chi connectivity index (χ1n) is 5.83. The Bertz CT molecular complexity index is 579. The molecular weight excluding hydrogens is 283 g/mol. The highest BCUT2D eigenvalue weighted by Crippen LogP contribution is 2.30. The van der Waals surface area contributed by atoms with Gasteiger partial charge in [-0.05, 0) is 29.3 Å². The van der Waals surface area contributed by atoms with E-state index in [-0.39, 0.29) is 12.3 Å². The first-order valence-corrected chi connectivity index (χ1v) is 6.59. The van der Waals surface area contributed by atoms with E-state index in [4.69, 9.17) is 28.9 Å². The summed E-state index contributed by atoms with van der Waals surface area (Å²) in [7, 11) is 1.86. The van der Waals surface area contributed by atoms with Gasteiger partial charge in [-0.25, -0.2) is 0 Å². The highest BCUT2D eigenvalue weighted by atomic mass is 35.5. The summed E-state index contributed by atoms with van der Waals surface area (Å²) in [6.07, 6.45) is 3.68. The Morgan fingerprint density at radius 3 is 2.68 bits per heavy atom. The van der Waals surface area contributed by atoms with Crippen LogP contribution in [0.1, 0.15) is 5.56 Å². The zero-order chi connectivity index (χ0) is 14.0. The number of Topliss-reactive ketones (excluding diaryl/α,β-unsaturated/α-hetero) is 1. The van der Waals surface area contributed by atoms with E-state index in [1.54, 1.807) is 18.2 Å². The molecule has 0 unspecified atom stereocenters. The quantitative estimate of drug-likeness (QED) is 0.933. The van der Waals surface area contributed by atoms with Gasteiger partial charge in [0.25, 0.3) is 0 Å². The van der Waals surface area contributed by atoms with Crippen LogP contribution in [0.3, 0.4) is 0 Å². The Balaban J connectivity index is 2.35. The number of nitrogens with zero attached hydrogens (tertiary/aromatic N) is 1. The summed E-state index contributed by atoms with van der Waals surface area (Å²) in [4.78, 5) is 13.5.